The smallest absolute Gasteiger partial charge is 0.220 e. The third-order valence-electron chi connectivity index (χ3n) is 4.56. The normalized spacial score (nSPS) is 11.8. The molecule has 26 heavy (non-hydrogen) atoms. The van der Waals surface area contributed by atoms with Crippen LogP contribution >= 0.6 is 11.6 Å². The summed E-state index contributed by atoms with van der Waals surface area (Å²) in [6.45, 7) is 6.57. The zero-order valence-electron chi connectivity index (χ0n) is 15.6. The highest BCUT2D eigenvalue weighted by Crippen LogP contribution is 2.21. The van der Waals surface area contributed by atoms with Crippen LogP contribution in [0.1, 0.15) is 54.7 Å². The van der Waals surface area contributed by atoms with E-state index >= 15 is 0 Å². The van der Waals surface area contributed by atoms with Crippen LogP contribution in [0.3, 0.4) is 0 Å². The lowest BCUT2D eigenvalue weighted by molar-refractivity contribution is -0.121. The van der Waals surface area contributed by atoms with Crippen LogP contribution in [0.4, 0.5) is 0 Å². The summed E-state index contributed by atoms with van der Waals surface area (Å²) in [7, 11) is 0. The van der Waals surface area contributed by atoms with Crippen molar-refractivity contribution in [3.63, 3.8) is 0 Å². The molecule has 1 amide bonds. The minimum Gasteiger partial charge on any atom is -0.349 e. The third kappa shape index (κ3) is 5.09. The number of benzene rings is 1. The SMILES string of the molecule is CCC(NC(=O)CCc1c(C)nn(CCC#N)c1C)c1cccc(Cl)c1. The highest BCUT2D eigenvalue weighted by atomic mass is 35.5. The lowest BCUT2D eigenvalue weighted by atomic mass is 10.0. The number of amides is 1. The van der Waals surface area contributed by atoms with Crippen molar-refractivity contribution >= 4 is 17.5 Å². The van der Waals surface area contributed by atoms with Crippen LogP contribution in [0.5, 0.6) is 0 Å². The van der Waals surface area contributed by atoms with Crippen LogP contribution in [0, 0.1) is 25.2 Å². The highest BCUT2D eigenvalue weighted by Gasteiger charge is 2.16. The number of carbonyl (C=O) groups is 1. The van der Waals surface area contributed by atoms with Crippen LogP contribution < -0.4 is 5.32 Å². The van der Waals surface area contributed by atoms with Crippen molar-refractivity contribution in [2.45, 2.75) is 59.0 Å². The number of hydrogen-bond acceptors (Lipinski definition) is 3. The molecular weight excluding hydrogens is 348 g/mol. The van der Waals surface area contributed by atoms with E-state index in [0.29, 0.717) is 30.8 Å². The first-order valence-corrected chi connectivity index (χ1v) is 9.28. The Morgan fingerprint density at radius 2 is 2.19 bits per heavy atom. The number of nitrogens with zero attached hydrogens (tertiary/aromatic N) is 3. The average Bonchev–Trinajstić information content (AvgIpc) is 2.89. The summed E-state index contributed by atoms with van der Waals surface area (Å²) in [6, 6.07) is 9.69. The number of rotatable bonds is 8. The van der Waals surface area contributed by atoms with Crippen LogP contribution in [0.25, 0.3) is 0 Å². The van der Waals surface area contributed by atoms with E-state index in [0.717, 1.165) is 28.9 Å². The van der Waals surface area contributed by atoms with Gasteiger partial charge in [0.1, 0.15) is 0 Å². The molecule has 1 atom stereocenters. The molecule has 2 aromatic rings. The van der Waals surface area contributed by atoms with Gasteiger partial charge >= 0.3 is 0 Å². The van der Waals surface area contributed by atoms with Gasteiger partial charge in [0.05, 0.1) is 30.8 Å². The molecule has 0 fully saturated rings. The number of aryl methyl sites for hydroxylation is 2. The fraction of sp³-hybridized carbons (Fsp3) is 0.450. The predicted octanol–water partition coefficient (Wildman–Crippen LogP) is 4.27. The van der Waals surface area contributed by atoms with Crippen molar-refractivity contribution < 1.29 is 4.79 Å². The molecule has 1 aromatic carbocycles. The third-order valence-corrected chi connectivity index (χ3v) is 4.80. The molecule has 1 N–H and O–H groups in total. The van der Waals surface area contributed by atoms with Gasteiger partial charge in [-0.15, -0.1) is 0 Å². The largest absolute Gasteiger partial charge is 0.349 e. The molecule has 1 unspecified atom stereocenters. The number of carbonyl (C=O) groups excluding carboxylic acids is 1. The minimum absolute atomic E-state index is 0.0143. The molecule has 0 radical (unpaired) electrons. The zero-order chi connectivity index (χ0) is 19.1. The first kappa shape index (κ1) is 20.0. The number of halogens is 1. The summed E-state index contributed by atoms with van der Waals surface area (Å²) < 4.78 is 1.85. The molecule has 6 heteroatoms. The van der Waals surface area contributed by atoms with Crippen molar-refractivity contribution in [1.29, 1.82) is 5.26 Å². The van der Waals surface area contributed by atoms with Gasteiger partial charge in [-0.25, -0.2) is 0 Å². The van der Waals surface area contributed by atoms with Crippen LogP contribution in [-0.4, -0.2) is 15.7 Å². The number of nitriles is 1. The van der Waals surface area contributed by atoms with Gasteiger partial charge in [0.2, 0.25) is 5.91 Å². The lowest BCUT2D eigenvalue weighted by Gasteiger charge is -2.18. The molecule has 0 saturated carbocycles. The summed E-state index contributed by atoms with van der Waals surface area (Å²) in [5, 5.41) is 17.0. The Labute approximate surface area is 160 Å². The molecular formula is C20H25ClN4O. The van der Waals surface area contributed by atoms with E-state index in [9.17, 15) is 4.79 Å². The van der Waals surface area contributed by atoms with E-state index in [1.165, 1.54) is 0 Å². The first-order valence-electron chi connectivity index (χ1n) is 8.90. The summed E-state index contributed by atoms with van der Waals surface area (Å²) in [6.07, 6.45) is 2.28. The maximum Gasteiger partial charge on any atom is 0.220 e. The molecule has 2 rings (SSSR count). The van der Waals surface area contributed by atoms with E-state index in [1.807, 2.05) is 49.7 Å². The monoisotopic (exact) mass is 372 g/mol. The Morgan fingerprint density at radius 3 is 2.85 bits per heavy atom. The maximum absolute atomic E-state index is 12.4. The predicted molar refractivity (Wildman–Crippen MR) is 103 cm³/mol. The van der Waals surface area contributed by atoms with Gasteiger partial charge < -0.3 is 5.32 Å². The Bertz CT molecular complexity index is 807. The molecule has 0 bridgehead atoms. The number of aromatic nitrogens is 2. The number of hydrogen-bond donors (Lipinski definition) is 1. The van der Waals surface area contributed by atoms with E-state index < -0.39 is 0 Å². The van der Waals surface area contributed by atoms with E-state index in [1.54, 1.807) is 0 Å². The summed E-state index contributed by atoms with van der Waals surface area (Å²) in [5.41, 5.74) is 4.07. The molecule has 1 heterocycles. The van der Waals surface area contributed by atoms with Gasteiger partial charge in [-0.2, -0.15) is 10.4 Å². The fourth-order valence-electron chi connectivity index (χ4n) is 3.12. The van der Waals surface area contributed by atoms with E-state index in [2.05, 4.69) is 16.5 Å². The maximum atomic E-state index is 12.4. The second-order valence-corrected chi connectivity index (χ2v) is 6.80. The molecule has 138 valence electrons. The van der Waals surface area contributed by atoms with Gasteiger partial charge in [-0.1, -0.05) is 30.7 Å². The standard InChI is InChI=1S/C20H25ClN4O/c1-4-19(16-7-5-8-17(21)13-16)23-20(26)10-9-18-14(2)24-25(15(18)3)12-6-11-22/h5,7-8,13,19H,4,6,9-10,12H2,1-3H3,(H,23,26). The average molecular weight is 373 g/mol. The first-order chi connectivity index (χ1) is 12.5. The molecule has 0 aliphatic heterocycles. The second-order valence-electron chi connectivity index (χ2n) is 6.36. The molecule has 0 spiro atoms. The molecule has 0 aliphatic rings. The van der Waals surface area contributed by atoms with Crippen LogP contribution in [-0.2, 0) is 17.8 Å². The Kier molecular flexibility index (Phi) is 7.23. The zero-order valence-corrected chi connectivity index (χ0v) is 16.3. The van der Waals surface area contributed by atoms with Gasteiger partial charge in [-0.05, 0) is 49.9 Å². The highest BCUT2D eigenvalue weighted by molar-refractivity contribution is 6.30. The number of nitrogens with one attached hydrogen (secondary N) is 1. The van der Waals surface area contributed by atoms with Crippen LogP contribution in [0.2, 0.25) is 5.02 Å². The fourth-order valence-corrected chi connectivity index (χ4v) is 3.32. The quantitative estimate of drug-likeness (QED) is 0.752. The Morgan fingerprint density at radius 1 is 1.42 bits per heavy atom. The van der Waals surface area contributed by atoms with Gasteiger partial charge in [0.25, 0.3) is 0 Å². The lowest BCUT2D eigenvalue weighted by Crippen LogP contribution is -2.28. The Hall–Kier alpha value is -2.32. The van der Waals surface area contributed by atoms with Crippen molar-refractivity contribution in [3.8, 4) is 6.07 Å². The summed E-state index contributed by atoms with van der Waals surface area (Å²) in [4.78, 5) is 12.4. The van der Waals surface area contributed by atoms with Gasteiger partial charge in [-0.3, -0.25) is 9.48 Å². The molecule has 1 aromatic heterocycles. The molecule has 0 aliphatic carbocycles. The van der Waals surface area contributed by atoms with Crippen molar-refractivity contribution in [3.05, 3.63) is 51.8 Å². The van der Waals surface area contributed by atoms with Crippen molar-refractivity contribution in [2.24, 2.45) is 0 Å². The second kappa shape index (κ2) is 9.40. The van der Waals surface area contributed by atoms with Crippen LogP contribution in [0.15, 0.2) is 24.3 Å². The van der Waals surface area contributed by atoms with E-state index in [4.69, 9.17) is 16.9 Å². The summed E-state index contributed by atoms with van der Waals surface area (Å²) >= 11 is 6.05. The van der Waals surface area contributed by atoms with Crippen molar-refractivity contribution in [2.75, 3.05) is 0 Å². The molecule has 5 nitrogen and oxygen atoms in total. The molecule has 0 saturated heterocycles. The summed E-state index contributed by atoms with van der Waals surface area (Å²) in [5.74, 6) is 0.0143. The topological polar surface area (TPSA) is 70.7 Å². The van der Waals surface area contributed by atoms with Gasteiger partial charge in [0.15, 0.2) is 0 Å². The van der Waals surface area contributed by atoms with Crippen molar-refractivity contribution in [1.82, 2.24) is 15.1 Å². The Balaban J connectivity index is 1.98. The van der Waals surface area contributed by atoms with E-state index in [-0.39, 0.29) is 11.9 Å². The van der Waals surface area contributed by atoms with Gasteiger partial charge in [0, 0.05) is 17.1 Å². The minimum atomic E-state index is -0.0401.